The summed E-state index contributed by atoms with van der Waals surface area (Å²) < 4.78 is 39.8. The average Bonchev–Trinajstić information content (AvgIpc) is 3.16. The Hall–Kier alpha value is -2.39. The molecule has 2 fully saturated rings. The molecule has 2 atom stereocenters. The van der Waals surface area contributed by atoms with Gasteiger partial charge in [-0.1, -0.05) is 12.1 Å². The molecular weight excluding hydrogens is 418 g/mol. The Balaban J connectivity index is 1.66. The molecule has 168 valence electrons. The summed E-state index contributed by atoms with van der Waals surface area (Å²) in [5.74, 6) is 0.512. The summed E-state index contributed by atoms with van der Waals surface area (Å²) in [4.78, 5) is 18.8. The van der Waals surface area contributed by atoms with Gasteiger partial charge in [-0.3, -0.25) is 4.98 Å². The van der Waals surface area contributed by atoms with Crippen LogP contribution >= 0.6 is 0 Å². The van der Waals surface area contributed by atoms with Gasteiger partial charge in [0.2, 0.25) is 10.0 Å². The number of piperidine rings is 1. The third kappa shape index (κ3) is 4.08. The second-order valence-corrected chi connectivity index (χ2v) is 11.1. The fourth-order valence-electron chi connectivity index (χ4n) is 4.56. The Morgan fingerprint density at radius 3 is 2.68 bits per heavy atom. The van der Waals surface area contributed by atoms with Crippen molar-refractivity contribution in [2.24, 2.45) is 5.92 Å². The van der Waals surface area contributed by atoms with Gasteiger partial charge in [-0.05, 0) is 45.6 Å². The third-order valence-corrected chi connectivity index (χ3v) is 7.80. The predicted molar refractivity (Wildman–Crippen MR) is 117 cm³/mol. The van der Waals surface area contributed by atoms with Gasteiger partial charge in [-0.25, -0.2) is 13.2 Å². The highest BCUT2D eigenvalue weighted by Crippen LogP contribution is 2.37. The number of aromatic nitrogens is 1. The van der Waals surface area contributed by atoms with Crippen molar-refractivity contribution in [1.29, 1.82) is 0 Å². The number of fused-ring (bicyclic) bond motifs is 2. The summed E-state index contributed by atoms with van der Waals surface area (Å²) in [6.45, 7) is 6.73. The van der Waals surface area contributed by atoms with E-state index in [9.17, 15) is 13.2 Å². The molecule has 1 aromatic carbocycles. The lowest BCUT2D eigenvalue weighted by atomic mass is 9.92. The number of likely N-dealkylation sites (tertiary alicyclic amines) is 1. The molecule has 2 aliphatic heterocycles. The molecule has 9 heteroatoms. The molecule has 0 spiro atoms. The molecule has 8 nitrogen and oxygen atoms in total. The zero-order valence-electron chi connectivity index (χ0n) is 18.4. The normalized spacial score (nSPS) is 22.4. The van der Waals surface area contributed by atoms with Crippen LogP contribution < -0.4 is 4.74 Å². The number of amides is 1. The van der Waals surface area contributed by atoms with Gasteiger partial charge in [0.15, 0.2) is 0 Å². The van der Waals surface area contributed by atoms with Crippen LogP contribution in [-0.2, 0) is 14.8 Å². The molecule has 2 aliphatic rings. The number of methoxy groups -OCH3 is 1. The lowest BCUT2D eigenvalue weighted by molar-refractivity contribution is 0.00643. The van der Waals surface area contributed by atoms with Gasteiger partial charge in [0.05, 0.1) is 24.2 Å². The Kier molecular flexibility index (Phi) is 5.59. The van der Waals surface area contributed by atoms with Gasteiger partial charge in [0.25, 0.3) is 0 Å². The van der Waals surface area contributed by atoms with E-state index in [1.807, 2.05) is 26.8 Å². The average molecular weight is 448 g/mol. The van der Waals surface area contributed by atoms with E-state index in [0.29, 0.717) is 29.6 Å². The third-order valence-electron chi connectivity index (χ3n) is 5.92. The molecule has 0 radical (unpaired) electrons. The van der Waals surface area contributed by atoms with Crippen LogP contribution in [0.3, 0.4) is 0 Å². The van der Waals surface area contributed by atoms with E-state index in [4.69, 9.17) is 9.47 Å². The maximum atomic E-state index is 13.7. The number of carbonyl (C=O) groups excluding carboxylic acids is 1. The van der Waals surface area contributed by atoms with Crippen LogP contribution in [0.4, 0.5) is 4.79 Å². The van der Waals surface area contributed by atoms with Gasteiger partial charge in [0, 0.05) is 36.6 Å². The SMILES string of the molecule is COc1cncc2cccc(S(=O)(=O)N3C[C@H]4CCCN(C(=O)OC(C)(C)C)[C@H]4C3)c12. The van der Waals surface area contributed by atoms with Gasteiger partial charge >= 0.3 is 6.09 Å². The summed E-state index contributed by atoms with van der Waals surface area (Å²) in [6, 6.07) is 4.95. The minimum absolute atomic E-state index is 0.0922. The minimum atomic E-state index is -3.79. The van der Waals surface area contributed by atoms with Crippen molar-refractivity contribution >= 4 is 26.9 Å². The van der Waals surface area contributed by atoms with Crippen LogP contribution in [0.15, 0.2) is 35.5 Å². The van der Waals surface area contributed by atoms with Crippen molar-refractivity contribution < 1.29 is 22.7 Å². The number of hydrogen-bond acceptors (Lipinski definition) is 6. The Labute approximate surface area is 183 Å². The monoisotopic (exact) mass is 447 g/mol. The Bertz CT molecular complexity index is 1090. The standard InChI is InChI=1S/C22H29N3O5S/c1-22(2,3)30-21(26)25-10-6-8-16-13-24(14-17(16)25)31(27,28)19-9-5-7-15-11-23-12-18(29-4)20(15)19/h5,7,9,11-12,16-17H,6,8,10,13-14H2,1-4H3/t16-,17+/m1/s1. The van der Waals surface area contributed by atoms with Crippen LogP contribution in [0.5, 0.6) is 5.75 Å². The molecule has 0 aliphatic carbocycles. The molecule has 2 aromatic rings. The van der Waals surface area contributed by atoms with Crippen molar-refractivity contribution in [2.45, 2.75) is 50.2 Å². The Morgan fingerprint density at radius 2 is 1.97 bits per heavy atom. The van der Waals surface area contributed by atoms with Crippen molar-refractivity contribution in [1.82, 2.24) is 14.2 Å². The van der Waals surface area contributed by atoms with E-state index in [1.165, 1.54) is 17.6 Å². The quantitative estimate of drug-likeness (QED) is 0.718. The van der Waals surface area contributed by atoms with Crippen LogP contribution in [0.1, 0.15) is 33.6 Å². The first-order valence-corrected chi connectivity index (χ1v) is 12.0. The molecule has 0 saturated carbocycles. The number of rotatable bonds is 3. The van der Waals surface area contributed by atoms with E-state index in [-0.39, 0.29) is 29.5 Å². The number of benzene rings is 1. The molecule has 1 amide bonds. The second kappa shape index (κ2) is 7.94. The highest BCUT2D eigenvalue weighted by molar-refractivity contribution is 7.89. The molecule has 3 heterocycles. The molecule has 0 bridgehead atoms. The number of carbonyl (C=O) groups is 1. The first-order chi connectivity index (χ1) is 14.6. The highest BCUT2D eigenvalue weighted by atomic mass is 32.2. The largest absolute Gasteiger partial charge is 0.494 e. The van der Waals surface area contributed by atoms with Gasteiger partial charge in [-0.2, -0.15) is 4.31 Å². The lowest BCUT2D eigenvalue weighted by Crippen LogP contribution is -2.50. The molecule has 0 N–H and O–H groups in total. The van der Waals surface area contributed by atoms with E-state index < -0.39 is 15.6 Å². The van der Waals surface area contributed by atoms with E-state index in [2.05, 4.69) is 4.98 Å². The predicted octanol–water partition coefficient (Wildman–Crippen LogP) is 3.26. The van der Waals surface area contributed by atoms with Crippen LogP contribution in [-0.4, -0.2) is 67.1 Å². The van der Waals surface area contributed by atoms with Gasteiger partial charge in [-0.15, -0.1) is 0 Å². The van der Waals surface area contributed by atoms with Gasteiger partial charge in [0.1, 0.15) is 11.4 Å². The number of ether oxygens (including phenoxy) is 2. The number of nitrogens with zero attached hydrogens (tertiary/aromatic N) is 3. The smallest absolute Gasteiger partial charge is 0.410 e. The molecular formula is C22H29N3O5S. The zero-order chi connectivity index (χ0) is 22.4. The number of sulfonamides is 1. The van der Waals surface area contributed by atoms with E-state index >= 15 is 0 Å². The lowest BCUT2D eigenvalue weighted by Gasteiger charge is -2.37. The zero-order valence-corrected chi connectivity index (χ0v) is 19.2. The van der Waals surface area contributed by atoms with Crippen molar-refractivity contribution in [3.63, 3.8) is 0 Å². The minimum Gasteiger partial charge on any atom is -0.494 e. The van der Waals surface area contributed by atoms with E-state index in [1.54, 1.807) is 23.2 Å². The van der Waals surface area contributed by atoms with Gasteiger partial charge < -0.3 is 14.4 Å². The topological polar surface area (TPSA) is 89.0 Å². The summed E-state index contributed by atoms with van der Waals surface area (Å²) >= 11 is 0. The van der Waals surface area contributed by atoms with Crippen molar-refractivity contribution in [3.8, 4) is 5.75 Å². The second-order valence-electron chi connectivity index (χ2n) is 9.16. The molecule has 31 heavy (non-hydrogen) atoms. The Morgan fingerprint density at radius 1 is 1.19 bits per heavy atom. The highest BCUT2D eigenvalue weighted by Gasteiger charge is 2.46. The maximum Gasteiger partial charge on any atom is 0.410 e. The van der Waals surface area contributed by atoms with Crippen LogP contribution in [0, 0.1) is 5.92 Å². The maximum absolute atomic E-state index is 13.7. The summed E-state index contributed by atoms with van der Waals surface area (Å²) in [6.07, 6.45) is 4.50. The first kappa shape index (κ1) is 21.8. The molecule has 0 unspecified atom stereocenters. The van der Waals surface area contributed by atoms with Crippen molar-refractivity contribution in [2.75, 3.05) is 26.7 Å². The summed E-state index contributed by atoms with van der Waals surface area (Å²) in [7, 11) is -2.29. The fourth-order valence-corrected chi connectivity index (χ4v) is 6.31. The van der Waals surface area contributed by atoms with Crippen LogP contribution in [0.2, 0.25) is 0 Å². The number of pyridine rings is 1. The first-order valence-electron chi connectivity index (χ1n) is 10.5. The number of hydrogen-bond donors (Lipinski definition) is 0. The fraction of sp³-hybridized carbons (Fsp3) is 0.545. The molecule has 1 aromatic heterocycles. The summed E-state index contributed by atoms with van der Waals surface area (Å²) in [5.41, 5.74) is -0.595. The summed E-state index contributed by atoms with van der Waals surface area (Å²) in [5, 5.41) is 1.23. The molecule has 2 saturated heterocycles. The van der Waals surface area contributed by atoms with Crippen LogP contribution in [0.25, 0.3) is 10.8 Å². The van der Waals surface area contributed by atoms with Crippen molar-refractivity contribution in [3.05, 3.63) is 30.6 Å². The molecule has 4 rings (SSSR count). The van der Waals surface area contributed by atoms with E-state index in [0.717, 1.165) is 12.8 Å².